The Morgan fingerprint density at radius 1 is 1.37 bits per heavy atom. The van der Waals surface area contributed by atoms with Gasteiger partial charge in [-0.2, -0.15) is 0 Å². The lowest BCUT2D eigenvalue weighted by Gasteiger charge is -2.19. The van der Waals surface area contributed by atoms with Gasteiger partial charge in [-0.05, 0) is 32.9 Å². The van der Waals surface area contributed by atoms with E-state index in [1.807, 2.05) is 20.8 Å². The van der Waals surface area contributed by atoms with Gasteiger partial charge in [0.1, 0.15) is 5.60 Å². The fourth-order valence-corrected chi connectivity index (χ4v) is 1.16. The second-order valence-corrected chi connectivity index (χ2v) is 4.79. The zero-order valence-electron chi connectivity index (χ0n) is 11.6. The third-order valence-corrected chi connectivity index (χ3v) is 1.92. The van der Waals surface area contributed by atoms with Crippen LogP contribution in [0.2, 0.25) is 0 Å². The number of hydrogen-bond acceptors (Lipinski definition) is 5. The summed E-state index contributed by atoms with van der Waals surface area (Å²) in [7, 11) is 1.53. The smallest absolute Gasteiger partial charge is 0.407 e. The van der Waals surface area contributed by atoms with Crippen LogP contribution in [-0.4, -0.2) is 35.5 Å². The number of carbonyl (C=O) groups excluding carboxylic acids is 1. The first kappa shape index (κ1) is 14.9. The molecular formula is C13H19N3O3. The van der Waals surface area contributed by atoms with E-state index in [2.05, 4.69) is 15.5 Å². The fourth-order valence-electron chi connectivity index (χ4n) is 1.16. The molecule has 1 rings (SSSR count). The molecule has 1 aromatic heterocycles. The summed E-state index contributed by atoms with van der Waals surface area (Å²) in [5.74, 6) is 0.462. The molecule has 0 atom stereocenters. The highest BCUT2D eigenvalue weighted by Gasteiger charge is 2.14. The molecule has 0 aliphatic rings. The van der Waals surface area contributed by atoms with Gasteiger partial charge in [-0.25, -0.2) is 4.79 Å². The number of nitrogens with zero attached hydrogens (tertiary/aromatic N) is 2. The number of aromatic nitrogens is 2. The van der Waals surface area contributed by atoms with Gasteiger partial charge in [0.25, 0.3) is 0 Å². The molecule has 19 heavy (non-hydrogen) atoms. The summed E-state index contributed by atoms with van der Waals surface area (Å²) in [5, 5.41) is 10.4. The molecule has 0 unspecified atom stereocenters. The number of hydrogen-bond donors (Lipinski definition) is 1. The standard InChI is InChI=1S/C13H19N3O3/c1-13(2,3)19-12(17)14-9-5-6-10-7-8-11(18-4)16-15-10/h5-8H,9H2,1-4H3,(H,14,17). The van der Waals surface area contributed by atoms with Crippen molar-refractivity contribution in [1.29, 1.82) is 0 Å². The lowest BCUT2D eigenvalue weighted by Crippen LogP contribution is -2.32. The topological polar surface area (TPSA) is 73.3 Å². The van der Waals surface area contributed by atoms with Gasteiger partial charge in [-0.3, -0.25) is 0 Å². The normalized spacial score (nSPS) is 11.4. The number of alkyl carbamates (subject to hydrolysis) is 1. The summed E-state index contributed by atoms with van der Waals surface area (Å²) < 4.78 is 9.99. The van der Waals surface area contributed by atoms with Crippen LogP contribution in [0.1, 0.15) is 26.5 Å². The van der Waals surface area contributed by atoms with E-state index < -0.39 is 11.7 Å². The van der Waals surface area contributed by atoms with E-state index in [-0.39, 0.29) is 0 Å². The highest BCUT2D eigenvalue weighted by Crippen LogP contribution is 2.06. The van der Waals surface area contributed by atoms with E-state index in [0.717, 1.165) is 0 Å². The Hall–Kier alpha value is -2.11. The van der Waals surface area contributed by atoms with Crippen LogP contribution in [0, 0.1) is 0 Å². The minimum absolute atomic E-state index is 0.364. The van der Waals surface area contributed by atoms with E-state index in [0.29, 0.717) is 18.1 Å². The Kier molecular flexibility index (Phi) is 5.29. The maximum Gasteiger partial charge on any atom is 0.407 e. The third-order valence-electron chi connectivity index (χ3n) is 1.92. The summed E-state index contributed by atoms with van der Waals surface area (Å²) in [5.41, 5.74) is 0.196. The molecule has 1 heterocycles. The number of rotatable bonds is 4. The van der Waals surface area contributed by atoms with Crippen LogP contribution >= 0.6 is 0 Å². The molecule has 0 saturated heterocycles. The lowest BCUT2D eigenvalue weighted by atomic mass is 10.2. The molecule has 0 spiro atoms. The van der Waals surface area contributed by atoms with Crippen molar-refractivity contribution < 1.29 is 14.3 Å². The average Bonchev–Trinajstić information content (AvgIpc) is 2.33. The van der Waals surface area contributed by atoms with Gasteiger partial charge in [0, 0.05) is 12.6 Å². The van der Waals surface area contributed by atoms with E-state index in [1.165, 1.54) is 7.11 Å². The average molecular weight is 265 g/mol. The van der Waals surface area contributed by atoms with Crippen LogP contribution in [0.25, 0.3) is 6.08 Å². The molecule has 1 aromatic rings. The zero-order chi connectivity index (χ0) is 14.3. The summed E-state index contributed by atoms with van der Waals surface area (Å²) in [6, 6.07) is 3.49. The molecule has 0 radical (unpaired) electrons. The number of amides is 1. The molecule has 0 fully saturated rings. The molecular weight excluding hydrogens is 246 g/mol. The monoisotopic (exact) mass is 265 g/mol. The zero-order valence-corrected chi connectivity index (χ0v) is 11.6. The van der Waals surface area contributed by atoms with Crippen molar-refractivity contribution in [3.63, 3.8) is 0 Å². The van der Waals surface area contributed by atoms with Crippen LogP contribution in [0.4, 0.5) is 4.79 Å². The van der Waals surface area contributed by atoms with Gasteiger partial charge < -0.3 is 14.8 Å². The summed E-state index contributed by atoms with van der Waals surface area (Å²) >= 11 is 0. The van der Waals surface area contributed by atoms with Crippen molar-refractivity contribution in [2.75, 3.05) is 13.7 Å². The van der Waals surface area contributed by atoms with Crippen molar-refractivity contribution in [1.82, 2.24) is 15.5 Å². The highest BCUT2D eigenvalue weighted by atomic mass is 16.6. The Labute approximate surface area is 112 Å². The van der Waals surface area contributed by atoms with Crippen LogP contribution in [0.15, 0.2) is 18.2 Å². The summed E-state index contributed by atoms with van der Waals surface area (Å²) in [4.78, 5) is 11.3. The Morgan fingerprint density at radius 3 is 2.63 bits per heavy atom. The van der Waals surface area contributed by atoms with Gasteiger partial charge in [0.2, 0.25) is 5.88 Å². The van der Waals surface area contributed by atoms with E-state index in [9.17, 15) is 4.79 Å². The minimum atomic E-state index is -0.491. The van der Waals surface area contributed by atoms with Gasteiger partial charge >= 0.3 is 6.09 Å². The first-order chi connectivity index (χ1) is 8.90. The van der Waals surface area contributed by atoms with Gasteiger partial charge in [0.15, 0.2) is 0 Å². The Bertz CT molecular complexity index is 435. The SMILES string of the molecule is COc1ccc(C=CCNC(=O)OC(C)(C)C)nn1. The molecule has 6 nitrogen and oxygen atoms in total. The second-order valence-electron chi connectivity index (χ2n) is 4.79. The molecule has 6 heteroatoms. The molecule has 0 aliphatic carbocycles. The third kappa shape index (κ3) is 6.40. The lowest BCUT2D eigenvalue weighted by molar-refractivity contribution is 0.0534. The van der Waals surface area contributed by atoms with Crippen LogP contribution < -0.4 is 10.1 Å². The van der Waals surface area contributed by atoms with E-state index in [1.54, 1.807) is 24.3 Å². The van der Waals surface area contributed by atoms with Crippen molar-refractivity contribution >= 4 is 12.2 Å². The number of ether oxygens (including phenoxy) is 2. The van der Waals surface area contributed by atoms with Gasteiger partial charge in [-0.15, -0.1) is 10.2 Å². The first-order valence-electron chi connectivity index (χ1n) is 5.92. The van der Waals surface area contributed by atoms with Gasteiger partial charge in [0.05, 0.1) is 12.8 Å². The predicted octanol–water partition coefficient (Wildman–Crippen LogP) is 2.02. The van der Waals surface area contributed by atoms with Crippen molar-refractivity contribution in [2.45, 2.75) is 26.4 Å². The fraction of sp³-hybridized carbons (Fsp3) is 0.462. The maximum atomic E-state index is 11.3. The van der Waals surface area contributed by atoms with Crippen LogP contribution in [0.5, 0.6) is 5.88 Å². The van der Waals surface area contributed by atoms with Crippen LogP contribution in [0.3, 0.4) is 0 Å². The van der Waals surface area contributed by atoms with Crippen molar-refractivity contribution in [3.8, 4) is 5.88 Å². The molecule has 1 N–H and O–H groups in total. The number of nitrogens with one attached hydrogen (secondary N) is 1. The predicted molar refractivity (Wildman–Crippen MR) is 71.9 cm³/mol. The number of methoxy groups -OCH3 is 1. The summed E-state index contributed by atoms with van der Waals surface area (Å²) in [6.45, 7) is 5.81. The van der Waals surface area contributed by atoms with Crippen molar-refractivity contribution in [3.05, 3.63) is 23.9 Å². The van der Waals surface area contributed by atoms with Crippen molar-refractivity contribution in [2.24, 2.45) is 0 Å². The Morgan fingerprint density at radius 2 is 2.11 bits per heavy atom. The maximum absolute atomic E-state index is 11.3. The summed E-state index contributed by atoms with van der Waals surface area (Å²) in [6.07, 6.45) is 3.07. The molecule has 104 valence electrons. The first-order valence-corrected chi connectivity index (χ1v) is 5.92. The molecule has 0 bridgehead atoms. The minimum Gasteiger partial charge on any atom is -0.480 e. The largest absolute Gasteiger partial charge is 0.480 e. The molecule has 0 saturated carbocycles. The number of carbonyl (C=O) groups is 1. The van der Waals surface area contributed by atoms with Crippen LogP contribution in [-0.2, 0) is 4.74 Å². The van der Waals surface area contributed by atoms with E-state index >= 15 is 0 Å². The second kappa shape index (κ2) is 6.72. The van der Waals surface area contributed by atoms with E-state index in [4.69, 9.17) is 9.47 Å². The molecule has 0 aliphatic heterocycles. The molecule has 0 aromatic carbocycles. The quantitative estimate of drug-likeness (QED) is 0.901. The van der Waals surface area contributed by atoms with Gasteiger partial charge in [-0.1, -0.05) is 6.08 Å². The Balaban J connectivity index is 2.35. The molecule has 1 amide bonds. The highest BCUT2D eigenvalue weighted by molar-refractivity contribution is 5.68.